The number of anilines is 1. The van der Waals surface area contributed by atoms with Crippen LogP contribution in [0.5, 0.6) is 0 Å². The summed E-state index contributed by atoms with van der Waals surface area (Å²) >= 11 is 0. The Labute approximate surface area is 156 Å². The van der Waals surface area contributed by atoms with Gasteiger partial charge in [-0.25, -0.2) is 9.37 Å². The van der Waals surface area contributed by atoms with Crippen molar-refractivity contribution in [2.45, 2.75) is 19.8 Å². The summed E-state index contributed by atoms with van der Waals surface area (Å²) in [7, 11) is 0. The summed E-state index contributed by atoms with van der Waals surface area (Å²) in [5.74, 6) is 0.243. The van der Waals surface area contributed by atoms with E-state index in [9.17, 15) is 9.18 Å². The lowest BCUT2D eigenvalue weighted by molar-refractivity contribution is -0.121. The topological polar surface area (TPSA) is 91.5 Å². The predicted octanol–water partition coefficient (Wildman–Crippen LogP) is 2.14. The Morgan fingerprint density at radius 1 is 1.30 bits per heavy atom. The molecule has 0 saturated carbocycles. The minimum Gasteiger partial charge on any atom is -0.395 e. The van der Waals surface area contributed by atoms with Gasteiger partial charge < -0.3 is 15.7 Å². The fourth-order valence-corrected chi connectivity index (χ4v) is 2.75. The van der Waals surface area contributed by atoms with Crippen LogP contribution < -0.4 is 10.6 Å². The molecule has 0 radical (unpaired) electrons. The highest BCUT2D eigenvalue weighted by atomic mass is 19.1. The molecule has 0 bridgehead atoms. The van der Waals surface area contributed by atoms with E-state index < -0.39 is 0 Å². The summed E-state index contributed by atoms with van der Waals surface area (Å²) in [6, 6.07) is 8.26. The molecule has 3 aromatic rings. The third-order valence-corrected chi connectivity index (χ3v) is 4.12. The van der Waals surface area contributed by atoms with Gasteiger partial charge in [0, 0.05) is 36.7 Å². The van der Waals surface area contributed by atoms with Crippen LogP contribution >= 0.6 is 0 Å². The van der Waals surface area contributed by atoms with Gasteiger partial charge in [0.1, 0.15) is 11.6 Å². The molecule has 142 valence electrons. The molecular formula is C19H22FN5O2. The molecule has 0 saturated heterocycles. The number of aryl methyl sites for hydroxylation is 1. The Bertz CT molecular complexity index is 941. The van der Waals surface area contributed by atoms with Crippen molar-refractivity contribution in [2.24, 2.45) is 0 Å². The second-order valence-electron chi connectivity index (χ2n) is 6.17. The molecule has 0 aliphatic carbocycles. The van der Waals surface area contributed by atoms with Crippen LogP contribution in [0.4, 0.5) is 10.2 Å². The zero-order valence-electron chi connectivity index (χ0n) is 15.1. The van der Waals surface area contributed by atoms with Crippen molar-refractivity contribution in [3.63, 3.8) is 0 Å². The highest BCUT2D eigenvalue weighted by molar-refractivity contribution is 5.75. The van der Waals surface area contributed by atoms with E-state index in [-0.39, 0.29) is 24.9 Å². The van der Waals surface area contributed by atoms with Crippen LogP contribution in [-0.4, -0.2) is 45.3 Å². The summed E-state index contributed by atoms with van der Waals surface area (Å²) in [5.41, 5.74) is 2.48. The Morgan fingerprint density at radius 3 is 2.89 bits per heavy atom. The van der Waals surface area contributed by atoms with Crippen molar-refractivity contribution in [2.75, 3.05) is 25.0 Å². The maximum Gasteiger partial charge on any atom is 0.220 e. The van der Waals surface area contributed by atoms with Gasteiger partial charge >= 0.3 is 0 Å². The molecule has 0 unspecified atom stereocenters. The number of nitrogens with one attached hydrogen (secondary N) is 2. The molecule has 3 rings (SSSR count). The van der Waals surface area contributed by atoms with Crippen molar-refractivity contribution in [3.05, 3.63) is 47.9 Å². The number of halogens is 1. The summed E-state index contributed by atoms with van der Waals surface area (Å²) in [6.07, 6.45) is 2.66. The predicted molar refractivity (Wildman–Crippen MR) is 101 cm³/mol. The van der Waals surface area contributed by atoms with Crippen LogP contribution in [-0.2, 0) is 4.79 Å². The van der Waals surface area contributed by atoms with E-state index in [0.29, 0.717) is 42.1 Å². The van der Waals surface area contributed by atoms with Crippen molar-refractivity contribution in [3.8, 4) is 11.3 Å². The first-order valence-electron chi connectivity index (χ1n) is 8.82. The normalized spacial score (nSPS) is 10.9. The minimum atomic E-state index is -0.335. The van der Waals surface area contributed by atoms with Crippen molar-refractivity contribution in [1.29, 1.82) is 0 Å². The van der Waals surface area contributed by atoms with Gasteiger partial charge in [0.25, 0.3) is 0 Å². The maximum atomic E-state index is 14.2. The first-order valence-corrected chi connectivity index (χ1v) is 8.82. The van der Waals surface area contributed by atoms with Gasteiger partial charge in [-0.05, 0) is 25.5 Å². The van der Waals surface area contributed by atoms with Crippen LogP contribution in [0, 0.1) is 12.7 Å². The number of rotatable bonds is 8. The van der Waals surface area contributed by atoms with E-state index in [1.807, 2.05) is 6.92 Å². The molecule has 27 heavy (non-hydrogen) atoms. The summed E-state index contributed by atoms with van der Waals surface area (Å²) in [6.45, 7) is 2.63. The molecule has 0 fully saturated rings. The molecule has 0 spiro atoms. The maximum absolute atomic E-state index is 14.2. The third-order valence-electron chi connectivity index (χ3n) is 4.12. The molecule has 1 aromatic carbocycles. The number of fused-ring (bicyclic) bond motifs is 1. The lowest BCUT2D eigenvalue weighted by atomic mass is 10.1. The van der Waals surface area contributed by atoms with Gasteiger partial charge in [-0.15, -0.1) is 0 Å². The van der Waals surface area contributed by atoms with E-state index in [4.69, 9.17) is 5.11 Å². The quantitative estimate of drug-likeness (QED) is 0.528. The summed E-state index contributed by atoms with van der Waals surface area (Å²) in [4.78, 5) is 16.1. The highest BCUT2D eigenvalue weighted by Gasteiger charge is 2.13. The van der Waals surface area contributed by atoms with Gasteiger partial charge in [0.2, 0.25) is 5.91 Å². The number of hydrogen-bond acceptors (Lipinski definition) is 5. The van der Waals surface area contributed by atoms with E-state index in [2.05, 4.69) is 20.7 Å². The van der Waals surface area contributed by atoms with E-state index in [1.165, 1.54) is 6.07 Å². The monoisotopic (exact) mass is 371 g/mol. The zero-order chi connectivity index (χ0) is 19.2. The van der Waals surface area contributed by atoms with Crippen LogP contribution in [0.3, 0.4) is 0 Å². The number of nitrogens with zero attached hydrogens (tertiary/aromatic N) is 3. The molecule has 2 heterocycles. The number of aromatic nitrogens is 3. The first-order chi connectivity index (χ1) is 13.1. The first kappa shape index (κ1) is 18.8. The lowest BCUT2D eigenvalue weighted by Crippen LogP contribution is -2.26. The van der Waals surface area contributed by atoms with Crippen molar-refractivity contribution >= 4 is 17.4 Å². The molecule has 8 heteroatoms. The number of aliphatic hydroxyl groups is 1. The number of carbonyl (C=O) groups excluding carboxylic acids is 1. The molecular weight excluding hydrogens is 349 g/mol. The van der Waals surface area contributed by atoms with Gasteiger partial charge in [-0.3, -0.25) is 4.79 Å². The smallest absolute Gasteiger partial charge is 0.220 e. The standard InChI is InChI=1S/C19H22FN5O2/c1-13-12-23-25-17(21-8-4-7-18(27)22-9-10-26)11-16(24-19(13)25)14-5-2-3-6-15(14)20/h2-3,5-6,11-12,21,26H,4,7-10H2,1H3,(H,22,27). The Morgan fingerprint density at radius 2 is 2.11 bits per heavy atom. The lowest BCUT2D eigenvalue weighted by Gasteiger charge is -2.11. The van der Waals surface area contributed by atoms with E-state index in [1.54, 1.807) is 35.0 Å². The average molecular weight is 371 g/mol. The number of aliphatic hydroxyl groups excluding tert-OH is 1. The Balaban J connectivity index is 1.78. The van der Waals surface area contributed by atoms with Gasteiger partial charge in [-0.1, -0.05) is 12.1 Å². The Kier molecular flexibility index (Phi) is 5.97. The molecule has 0 atom stereocenters. The van der Waals surface area contributed by atoms with Crippen LogP contribution in [0.15, 0.2) is 36.5 Å². The molecule has 7 nitrogen and oxygen atoms in total. The molecule has 1 amide bonds. The number of amides is 1. The second-order valence-corrected chi connectivity index (χ2v) is 6.17. The van der Waals surface area contributed by atoms with Crippen LogP contribution in [0.2, 0.25) is 0 Å². The highest BCUT2D eigenvalue weighted by Crippen LogP contribution is 2.25. The molecule has 3 N–H and O–H groups in total. The number of benzene rings is 1. The average Bonchev–Trinajstić information content (AvgIpc) is 3.05. The van der Waals surface area contributed by atoms with E-state index in [0.717, 1.165) is 5.56 Å². The van der Waals surface area contributed by atoms with E-state index >= 15 is 0 Å². The second kappa shape index (κ2) is 8.59. The SMILES string of the molecule is Cc1cnn2c(NCCCC(=O)NCCO)cc(-c3ccccc3F)nc12. The van der Waals surface area contributed by atoms with Gasteiger partial charge in [0.15, 0.2) is 5.65 Å². The molecule has 0 aliphatic heterocycles. The van der Waals surface area contributed by atoms with Gasteiger partial charge in [0.05, 0.1) is 18.5 Å². The molecule has 0 aliphatic rings. The zero-order valence-corrected chi connectivity index (χ0v) is 15.1. The molecule has 2 aromatic heterocycles. The largest absolute Gasteiger partial charge is 0.395 e. The van der Waals surface area contributed by atoms with Crippen LogP contribution in [0.25, 0.3) is 16.9 Å². The van der Waals surface area contributed by atoms with Gasteiger partial charge in [-0.2, -0.15) is 9.61 Å². The van der Waals surface area contributed by atoms with Crippen molar-refractivity contribution < 1.29 is 14.3 Å². The summed E-state index contributed by atoms with van der Waals surface area (Å²) < 4.78 is 15.9. The minimum absolute atomic E-state index is 0.0730. The summed E-state index contributed by atoms with van der Waals surface area (Å²) in [5, 5.41) is 18.9. The Hall–Kier alpha value is -3.00. The third kappa shape index (κ3) is 4.40. The van der Waals surface area contributed by atoms with Crippen molar-refractivity contribution in [1.82, 2.24) is 19.9 Å². The fourth-order valence-electron chi connectivity index (χ4n) is 2.75. The fraction of sp³-hybridized carbons (Fsp3) is 0.316. The number of hydrogen-bond donors (Lipinski definition) is 3. The number of carbonyl (C=O) groups is 1. The van der Waals surface area contributed by atoms with Crippen LogP contribution in [0.1, 0.15) is 18.4 Å².